The van der Waals surface area contributed by atoms with E-state index in [2.05, 4.69) is 52.7 Å². The van der Waals surface area contributed by atoms with Crippen LogP contribution < -0.4 is 19.9 Å². The molecule has 1 N–H and O–H groups in total. The molecule has 4 amide bonds. The standard InChI is InChI=1S/C46H36ClN3O4/c47-41-25-29(18-19-42(41)54-28-33-16-9-15-30-14-7-8-17-35(30)33)24-40-44(51)48-46(53)50(45(40)52)34-26-38-36(31-10-3-1-4-11-31)20-22-49-23-21-37(39(27-34)43(38)49)32-12-5-2-6-13-32/h1-19,24-27,36-37H,20-23,28H2,(H,48,51,53)/b40-24+/t36-,37-/m1/s1. The van der Waals surface area contributed by atoms with Crippen molar-refractivity contribution in [2.24, 2.45) is 0 Å². The number of nitrogens with one attached hydrogen (secondary N) is 1. The Morgan fingerprint density at radius 1 is 0.722 bits per heavy atom. The fourth-order valence-electron chi connectivity index (χ4n) is 8.33. The minimum absolute atomic E-state index is 0.0776. The number of fused-ring (bicyclic) bond motifs is 1. The van der Waals surface area contributed by atoms with E-state index in [9.17, 15) is 14.4 Å². The molecular formula is C46H36ClN3O4. The number of hydrogen-bond donors (Lipinski definition) is 1. The second-order valence-electron chi connectivity index (χ2n) is 14.0. The molecule has 0 aromatic heterocycles. The van der Waals surface area contributed by atoms with Gasteiger partial charge in [-0.1, -0.05) is 121 Å². The molecule has 266 valence electrons. The molecule has 3 heterocycles. The molecule has 6 aromatic rings. The number of carbonyl (C=O) groups is 3. The highest BCUT2D eigenvalue weighted by Gasteiger charge is 2.40. The van der Waals surface area contributed by atoms with E-state index in [-0.39, 0.29) is 17.4 Å². The Morgan fingerprint density at radius 3 is 2.02 bits per heavy atom. The molecular weight excluding hydrogens is 694 g/mol. The van der Waals surface area contributed by atoms with Crippen LogP contribution in [0.5, 0.6) is 5.75 Å². The Morgan fingerprint density at radius 2 is 1.35 bits per heavy atom. The smallest absolute Gasteiger partial charge is 0.335 e. The molecule has 7 nitrogen and oxygen atoms in total. The van der Waals surface area contributed by atoms with Gasteiger partial charge in [-0.05, 0) is 87.3 Å². The molecule has 0 radical (unpaired) electrons. The summed E-state index contributed by atoms with van der Waals surface area (Å²) in [6.07, 6.45) is 3.28. The van der Waals surface area contributed by atoms with Crippen LogP contribution in [-0.2, 0) is 16.2 Å². The zero-order chi connectivity index (χ0) is 36.8. The second kappa shape index (κ2) is 14.0. The van der Waals surface area contributed by atoms with Crippen LogP contribution >= 0.6 is 11.6 Å². The maximum atomic E-state index is 14.3. The zero-order valence-electron chi connectivity index (χ0n) is 29.4. The van der Waals surface area contributed by atoms with Crippen molar-refractivity contribution in [2.45, 2.75) is 31.3 Å². The van der Waals surface area contributed by atoms with Crippen LogP contribution in [0.15, 0.2) is 139 Å². The van der Waals surface area contributed by atoms with Crippen LogP contribution in [0.25, 0.3) is 16.8 Å². The monoisotopic (exact) mass is 729 g/mol. The van der Waals surface area contributed by atoms with Crippen molar-refractivity contribution < 1.29 is 19.1 Å². The normalized spacial score (nSPS) is 18.8. The van der Waals surface area contributed by atoms with E-state index in [0.29, 0.717) is 28.6 Å². The van der Waals surface area contributed by atoms with E-state index < -0.39 is 17.8 Å². The number of anilines is 2. The molecule has 0 spiro atoms. The highest BCUT2D eigenvalue weighted by molar-refractivity contribution is 6.39. The molecule has 0 aliphatic carbocycles. The number of carbonyl (C=O) groups excluding carboxylic acids is 3. The summed E-state index contributed by atoms with van der Waals surface area (Å²) in [5.41, 5.74) is 7.52. The van der Waals surface area contributed by atoms with Crippen LogP contribution in [0, 0.1) is 0 Å². The van der Waals surface area contributed by atoms with Gasteiger partial charge in [-0.2, -0.15) is 0 Å². The van der Waals surface area contributed by atoms with Gasteiger partial charge in [-0.25, -0.2) is 9.69 Å². The fourth-order valence-corrected chi connectivity index (χ4v) is 8.57. The lowest BCUT2D eigenvalue weighted by molar-refractivity contribution is -0.122. The number of imide groups is 2. The molecule has 54 heavy (non-hydrogen) atoms. The van der Waals surface area contributed by atoms with Gasteiger partial charge in [0.05, 0.1) is 10.7 Å². The van der Waals surface area contributed by atoms with Gasteiger partial charge >= 0.3 is 6.03 Å². The Bertz CT molecular complexity index is 2400. The van der Waals surface area contributed by atoms with Gasteiger partial charge in [0.1, 0.15) is 17.9 Å². The van der Waals surface area contributed by atoms with Crippen molar-refractivity contribution in [1.29, 1.82) is 0 Å². The SMILES string of the molecule is O=C1NC(=O)N(c2cc3c4c(c2)[C@@H](c2ccccc2)CCN4CC[C@@H]3c2ccccc2)C(=O)/C1=C/c1ccc(OCc2cccc3ccccc23)c(Cl)c1. The first kappa shape index (κ1) is 33.6. The number of amides is 4. The molecule has 9 rings (SSSR count). The summed E-state index contributed by atoms with van der Waals surface area (Å²) in [4.78, 5) is 44.8. The maximum absolute atomic E-state index is 14.3. The number of hydrogen-bond acceptors (Lipinski definition) is 5. The third-order valence-corrected chi connectivity index (χ3v) is 11.2. The number of rotatable bonds is 7. The lowest BCUT2D eigenvalue weighted by Crippen LogP contribution is -2.54. The average molecular weight is 730 g/mol. The number of barbiturate groups is 1. The third-order valence-electron chi connectivity index (χ3n) is 10.9. The largest absolute Gasteiger partial charge is 0.487 e. The number of ether oxygens (including phenoxy) is 1. The molecule has 6 aromatic carbocycles. The Balaban J connectivity index is 1.06. The molecule has 3 aliphatic rings. The van der Waals surface area contributed by atoms with Crippen molar-refractivity contribution in [3.8, 4) is 5.75 Å². The highest BCUT2D eigenvalue weighted by atomic mass is 35.5. The molecule has 1 saturated heterocycles. The van der Waals surface area contributed by atoms with E-state index in [1.54, 1.807) is 18.2 Å². The van der Waals surface area contributed by atoms with Crippen molar-refractivity contribution in [2.75, 3.05) is 22.9 Å². The Labute approximate surface area is 318 Å². The van der Waals surface area contributed by atoms with Crippen molar-refractivity contribution in [3.63, 3.8) is 0 Å². The molecule has 0 unspecified atom stereocenters. The molecule has 0 saturated carbocycles. The molecule has 1 fully saturated rings. The summed E-state index contributed by atoms with van der Waals surface area (Å²) >= 11 is 6.69. The molecule has 3 aliphatic heterocycles. The molecule has 8 heteroatoms. The topological polar surface area (TPSA) is 79.0 Å². The predicted octanol–water partition coefficient (Wildman–Crippen LogP) is 9.62. The molecule has 2 atom stereocenters. The van der Waals surface area contributed by atoms with Gasteiger partial charge in [0.25, 0.3) is 11.8 Å². The summed E-state index contributed by atoms with van der Waals surface area (Å²) in [5, 5.41) is 4.98. The maximum Gasteiger partial charge on any atom is 0.335 e. The predicted molar refractivity (Wildman–Crippen MR) is 213 cm³/mol. The van der Waals surface area contributed by atoms with Gasteiger partial charge in [0, 0.05) is 30.6 Å². The Kier molecular flexibility index (Phi) is 8.72. The first-order valence-corrected chi connectivity index (χ1v) is 18.6. The summed E-state index contributed by atoms with van der Waals surface area (Å²) < 4.78 is 6.11. The van der Waals surface area contributed by atoms with E-state index in [4.69, 9.17) is 16.3 Å². The minimum Gasteiger partial charge on any atom is -0.487 e. The minimum atomic E-state index is -0.777. The van der Waals surface area contributed by atoms with Crippen molar-refractivity contribution in [1.82, 2.24) is 5.32 Å². The number of nitrogens with zero attached hydrogens (tertiary/aromatic N) is 2. The summed E-state index contributed by atoms with van der Waals surface area (Å²) in [6.45, 7) is 2.15. The van der Waals surface area contributed by atoms with Crippen LogP contribution in [0.1, 0.15) is 58.1 Å². The summed E-state index contributed by atoms with van der Waals surface area (Å²) in [6, 6.07) is 43.2. The van der Waals surface area contributed by atoms with Crippen molar-refractivity contribution >= 4 is 57.7 Å². The van der Waals surface area contributed by atoms with Gasteiger partial charge in [0.15, 0.2) is 0 Å². The number of urea groups is 1. The highest BCUT2D eigenvalue weighted by Crippen LogP contribution is 2.50. The van der Waals surface area contributed by atoms with Gasteiger partial charge in [0.2, 0.25) is 0 Å². The van der Waals surface area contributed by atoms with Gasteiger partial charge in [-0.15, -0.1) is 0 Å². The van der Waals surface area contributed by atoms with Crippen LogP contribution in [0.3, 0.4) is 0 Å². The zero-order valence-corrected chi connectivity index (χ0v) is 30.1. The third kappa shape index (κ3) is 6.10. The first-order valence-electron chi connectivity index (χ1n) is 18.3. The Hall–Kier alpha value is -6.18. The summed E-state index contributed by atoms with van der Waals surface area (Å²) in [5.74, 6) is -0.828. The van der Waals surface area contributed by atoms with Crippen LogP contribution in [0.4, 0.5) is 16.2 Å². The first-order chi connectivity index (χ1) is 26.4. The molecule has 0 bridgehead atoms. The van der Waals surface area contributed by atoms with E-state index in [0.717, 1.165) is 58.3 Å². The second-order valence-corrected chi connectivity index (χ2v) is 14.4. The van der Waals surface area contributed by atoms with E-state index in [1.807, 2.05) is 72.8 Å². The van der Waals surface area contributed by atoms with Crippen LogP contribution in [-0.4, -0.2) is 30.9 Å². The number of benzene rings is 6. The number of halogens is 1. The van der Waals surface area contributed by atoms with Gasteiger partial charge < -0.3 is 9.64 Å². The lowest BCUT2D eigenvalue weighted by Gasteiger charge is -2.44. The van der Waals surface area contributed by atoms with Crippen LogP contribution in [0.2, 0.25) is 5.02 Å². The fraction of sp³-hybridized carbons (Fsp3) is 0.152. The lowest BCUT2D eigenvalue weighted by atomic mass is 9.76. The quantitative estimate of drug-likeness (QED) is 0.131. The van der Waals surface area contributed by atoms with E-state index >= 15 is 0 Å². The average Bonchev–Trinajstić information content (AvgIpc) is 3.20. The summed E-state index contributed by atoms with van der Waals surface area (Å²) in [7, 11) is 0. The van der Waals surface area contributed by atoms with Crippen molar-refractivity contribution in [3.05, 3.63) is 177 Å². The van der Waals surface area contributed by atoms with Gasteiger partial charge in [-0.3, -0.25) is 14.9 Å². The van der Waals surface area contributed by atoms with E-state index in [1.165, 1.54) is 22.9 Å².